The number of rotatable bonds is 4. The van der Waals surface area contributed by atoms with E-state index < -0.39 is 0 Å². The molecule has 17 heavy (non-hydrogen) atoms. The molecule has 1 rings (SSSR count). The van der Waals surface area contributed by atoms with Gasteiger partial charge in [0.25, 0.3) is 0 Å². The number of aromatic nitrogens is 1. The van der Waals surface area contributed by atoms with Crippen molar-refractivity contribution in [3.8, 4) is 0 Å². The number of carbonyl (C=O) groups excluding carboxylic acids is 1. The zero-order valence-electron chi connectivity index (χ0n) is 10.1. The van der Waals surface area contributed by atoms with Crippen LogP contribution < -0.4 is 0 Å². The van der Waals surface area contributed by atoms with Crippen LogP contribution in [-0.4, -0.2) is 48.4 Å². The van der Waals surface area contributed by atoms with Crippen LogP contribution in [0.5, 0.6) is 0 Å². The molecule has 1 aromatic rings. The van der Waals surface area contributed by atoms with Crippen LogP contribution >= 0.6 is 23.2 Å². The Balaban J connectivity index is 2.62. The number of amides is 1. The summed E-state index contributed by atoms with van der Waals surface area (Å²) in [6, 6.07) is 1.60. The van der Waals surface area contributed by atoms with Crippen LogP contribution in [0, 0.1) is 0 Å². The molecule has 4 nitrogen and oxygen atoms in total. The van der Waals surface area contributed by atoms with E-state index in [1.165, 1.54) is 0 Å². The summed E-state index contributed by atoms with van der Waals surface area (Å²) in [5.74, 6) is 0.0468. The van der Waals surface area contributed by atoms with Gasteiger partial charge in [-0.15, -0.1) is 0 Å². The van der Waals surface area contributed by atoms with Crippen LogP contribution in [0.4, 0.5) is 0 Å². The Morgan fingerprint density at radius 2 is 2.00 bits per heavy atom. The second kappa shape index (κ2) is 6.19. The summed E-state index contributed by atoms with van der Waals surface area (Å²) in [4.78, 5) is 18.9. The van der Waals surface area contributed by atoms with Crippen molar-refractivity contribution in [3.05, 3.63) is 28.0 Å². The molecule has 0 aliphatic rings. The molecule has 0 atom stereocenters. The Hall–Kier alpha value is -0.840. The number of likely N-dealkylation sites (N-methyl/N-ethyl adjacent to an activating group) is 2. The number of carbonyl (C=O) groups is 1. The Morgan fingerprint density at radius 3 is 2.53 bits per heavy atom. The van der Waals surface area contributed by atoms with Gasteiger partial charge < -0.3 is 4.90 Å². The normalized spacial score (nSPS) is 10.7. The zero-order chi connectivity index (χ0) is 13.0. The van der Waals surface area contributed by atoms with E-state index in [9.17, 15) is 4.79 Å². The van der Waals surface area contributed by atoms with Crippen LogP contribution in [0.3, 0.4) is 0 Å². The van der Waals surface area contributed by atoms with E-state index >= 15 is 0 Å². The number of hydrogen-bond donors (Lipinski definition) is 0. The maximum absolute atomic E-state index is 11.5. The SMILES string of the molecule is CN(CC(=O)N(C)C)Cc1cnc(Cl)cc1Cl. The molecule has 1 heterocycles. The highest BCUT2D eigenvalue weighted by atomic mass is 35.5. The summed E-state index contributed by atoms with van der Waals surface area (Å²) in [7, 11) is 5.31. The molecule has 0 saturated heterocycles. The molecule has 0 bridgehead atoms. The first-order valence-electron chi connectivity index (χ1n) is 5.08. The Morgan fingerprint density at radius 1 is 1.35 bits per heavy atom. The Bertz CT molecular complexity index is 410. The average Bonchev–Trinajstić information content (AvgIpc) is 2.22. The molecule has 6 heteroatoms. The minimum Gasteiger partial charge on any atom is -0.348 e. The van der Waals surface area contributed by atoms with Gasteiger partial charge in [0.1, 0.15) is 5.15 Å². The third-order valence-electron chi connectivity index (χ3n) is 2.24. The molecule has 0 aliphatic heterocycles. The van der Waals surface area contributed by atoms with E-state index in [1.54, 1.807) is 31.3 Å². The number of pyridine rings is 1. The monoisotopic (exact) mass is 275 g/mol. The summed E-state index contributed by atoms with van der Waals surface area (Å²) < 4.78 is 0. The minimum atomic E-state index is 0.0468. The molecule has 0 fully saturated rings. The topological polar surface area (TPSA) is 36.4 Å². The smallest absolute Gasteiger partial charge is 0.236 e. The van der Waals surface area contributed by atoms with Gasteiger partial charge >= 0.3 is 0 Å². The molecule has 0 saturated carbocycles. The minimum absolute atomic E-state index is 0.0468. The fourth-order valence-electron chi connectivity index (χ4n) is 1.27. The molecule has 94 valence electrons. The first kappa shape index (κ1) is 14.2. The first-order chi connectivity index (χ1) is 7.90. The lowest BCUT2D eigenvalue weighted by Crippen LogP contribution is -2.34. The van der Waals surface area contributed by atoms with Crippen molar-refractivity contribution in [2.45, 2.75) is 6.54 Å². The van der Waals surface area contributed by atoms with Crippen molar-refractivity contribution < 1.29 is 4.79 Å². The molecule has 0 aromatic carbocycles. The van der Waals surface area contributed by atoms with Crippen LogP contribution in [0.1, 0.15) is 5.56 Å². The predicted octanol–water partition coefficient (Wildman–Crippen LogP) is 1.91. The highest BCUT2D eigenvalue weighted by Crippen LogP contribution is 2.19. The van der Waals surface area contributed by atoms with Gasteiger partial charge in [0, 0.05) is 37.4 Å². The van der Waals surface area contributed by atoms with Gasteiger partial charge in [0.2, 0.25) is 5.91 Å². The van der Waals surface area contributed by atoms with Gasteiger partial charge in [-0.05, 0) is 13.1 Å². The molecule has 0 unspecified atom stereocenters. The molecule has 1 amide bonds. The lowest BCUT2D eigenvalue weighted by atomic mass is 10.2. The molecule has 1 aromatic heterocycles. The third kappa shape index (κ3) is 4.50. The largest absolute Gasteiger partial charge is 0.348 e. The highest BCUT2D eigenvalue weighted by molar-refractivity contribution is 6.34. The van der Waals surface area contributed by atoms with Gasteiger partial charge in [-0.1, -0.05) is 23.2 Å². The standard InChI is InChI=1S/C11H15Cl2N3O/c1-15(2)11(17)7-16(3)6-8-5-14-10(13)4-9(8)12/h4-5H,6-7H2,1-3H3. The first-order valence-corrected chi connectivity index (χ1v) is 5.84. The van der Waals surface area contributed by atoms with Gasteiger partial charge in [-0.2, -0.15) is 0 Å². The van der Waals surface area contributed by atoms with E-state index in [4.69, 9.17) is 23.2 Å². The molecule has 0 radical (unpaired) electrons. The van der Waals surface area contributed by atoms with E-state index in [-0.39, 0.29) is 5.91 Å². The van der Waals surface area contributed by atoms with Crippen LogP contribution in [0.25, 0.3) is 0 Å². The number of hydrogen-bond acceptors (Lipinski definition) is 3. The second-order valence-electron chi connectivity index (χ2n) is 4.06. The average molecular weight is 276 g/mol. The summed E-state index contributed by atoms with van der Waals surface area (Å²) in [5, 5.41) is 0.930. The quantitative estimate of drug-likeness (QED) is 0.788. The maximum atomic E-state index is 11.5. The van der Waals surface area contributed by atoms with Gasteiger partial charge in [0.05, 0.1) is 6.54 Å². The molecular weight excluding hydrogens is 261 g/mol. The van der Waals surface area contributed by atoms with Crippen LogP contribution in [-0.2, 0) is 11.3 Å². The lowest BCUT2D eigenvalue weighted by molar-refractivity contribution is -0.129. The Labute approximate surface area is 111 Å². The third-order valence-corrected chi connectivity index (χ3v) is 2.80. The van der Waals surface area contributed by atoms with Gasteiger partial charge in [-0.25, -0.2) is 4.98 Å². The van der Waals surface area contributed by atoms with Crippen LogP contribution in [0.2, 0.25) is 10.2 Å². The summed E-state index contributed by atoms with van der Waals surface area (Å²) in [6.45, 7) is 0.897. The van der Waals surface area contributed by atoms with Gasteiger partial charge in [-0.3, -0.25) is 9.69 Å². The number of halogens is 2. The maximum Gasteiger partial charge on any atom is 0.236 e. The van der Waals surface area contributed by atoms with E-state index in [2.05, 4.69) is 4.98 Å². The highest BCUT2D eigenvalue weighted by Gasteiger charge is 2.10. The second-order valence-corrected chi connectivity index (χ2v) is 4.85. The van der Waals surface area contributed by atoms with E-state index in [1.807, 2.05) is 11.9 Å². The molecule has 0 spiro atoms. The predicted molar refractivity (Wildman–Crippen MR) is 69.3 cm³/mol. The molecule has 0 aliphatic carbocycles. The lowest BCUT2D eigenvalue weighted by Gasteiger charge is -2.19. The van der Waals surface area contributed by atoms with Crippen molar-refractivity contribution in [2.24, 2.45) is 0 Å². The zero-order valence-corrected chi connectivity index (χ0v) is 11.6. The van der Waals surface area contributed by atoms with Crippen molar-refractivity contribution >= 4 is 29.1 Å². The van der Waals surface area contributed by atoms with Crippen molar-refractivity contribution in [1.82, 2.24) is 14.8 Å². The summed E-state index contributed by atoms with van der Waals surface area (Å²) in [6.07, 6.45) is 1.63. The van der Waals surface area contributed by atoms with E-state index in [0.29, 0.717) is 23.3 Å². The van der Waals surface area contributed by atoms with E-state index in [0.717, 1.165) is 5.56 Å². The Kier molecular flexibility index (Phi) is 5.18. The fourth-order valence-corrected chi connectivity index (χ4v) is 1.70. The van der Waals surface area contributed by atoms with Gasteiger partial charge in [0.15, 0.2) is 0 Å². The summed E-state index contributed by atoms with van der Waals surface area (Å²) in [5.41, 5.74) is 0.852. The molecule has 0 N–H and O–H groups in total. The van der Waals surface area contributed by atoms with Crippen molar-refractivity contribution in [1.29, 1.82) is 0 Å². The van der Waals surface area contributed by atoms with Crippen LogP contribution in [0.15, 0.2) is 12.3 Å². The molecular formula is C11H15Cl2N3O. The number of nitrogens with zero attached hydrogens (tertiary/aromatic N) is 3. The van der Waals surface area contributed by atoms with Crippen molar-refractivity contribution in [3.63, 3.8) is 0 Å². The fraction of sp³-hybridized carbons (Fsp3) is 0.455. The summed E-state index contributed by atoms with van der Waals surface area (Å²) >= 11 is 11.7. The van der Waals surface area contributed by atoms with Crippen molar-refractivity contribution in [2.75, 3.05) is 27.7 Å².